The maximum Gasteiger partial charge on any atom is 0.335 e. The van der Waals surface area contributed by atoms with Crippen LogP contribution in [-0.4, -0.2) is 29.7 Å². The molecule has 1 unspecified atom stereocenters. The summed E-state index contributed by atoms with van der Waals surface area (Å²) in [6.45, 7) is 4.08. The van der Waals surface area contributed by atoms with E-state index in [0.29, 0.717) is 18.1 Å². The fourth-order valence-electron chi connectivity index (χ4n) is 1.52. The van der Waals surface area contributed by atoms with Crippen molar-refractivity contribution >= 4 is 11.8 Å². The molecule has 90 valence electrons. The molecule has 0 spiro atoms. The molecule has 1 rings (SSSR count). The smallest absolute Gasteiger partial charge is 0.335 e. The van der Waals surface area contributed by atoms with Gasteiger partial charge in [-0.2, -0.15) is 5.26 Å². The van der Waals surface area contributed by atoms with Gasteiger partial charge in [0.2, 0.25) is 0 Å². The average molecular weight is 233 g/mol. The van der Waals surface area contributed by atoms with Crippen LogP contribution in [0.15, 0.2) is 12.1 Å². The van der Waals surface area contributed by atoms with Crippen LogP contribution in [0.2, 0.25) is 0 Å². The highest BCUT2D eigenvalue weighted by atomic mass is 16.4. The summed E-state index contributed by atoms with van der Waals surface area (Å²) in [4.78, 5) is 16.9. The number of nitrogens with zero attached hydrogens (tertiary/aromatic N) is 3. The summed E-state index contributed by atoms with van der Waals surface area (Å²) in [5.74, 6) is -0.529. The lowest BCUT2D eigenvalue weighted by molar-refractivity contribution is 0.0696. The largest absolute Gasteiger partial charge is 0.478 e. The average Bonchev–Trinajstić information content (AvgIpc) is 2.27. The lowest BCUT2D eigenvalue weighted by Gasteiger charge is -2.20. The van der Waals surface area contributed by atoms with Crippen LogP contribution in [0.25, 0.3) is 0 Å². The number of carbonyl (C=O) groups is 1. The molecule has 0 saturated carbocycles. The van der Waals surface area contributed by atoms with Gasteiger partial charge in [0.15, 0.2) is 0 Å². The molecule has 1 atom stereocenters. The molecule has 0 fully saturated rings. The number of aromatic nitrogens is 1. The number of aromatic carboxylic acids is 1. The second-order valence-electron chi connectivity index (χ2n) is 4.07. The summed E-state index contributed by atoms with van der Waals surface area (Å²) in [6.07, 6.45) is 0. The molecule has 0 amide bonds. The van der Waals surface area contributed by atoms with E-state index in [1.807, 2.05) is 6.92 Å². The second kappa shape index (κ2) is 5.30. The zero-order valence-corrected chi connectivity index (χ0v) is 10.1. The van der Waals surface area contributed by atoms with Crippen molar-refractivity contribution in [2.45, 2.75) is 13.8 Å². The monoisotopic (exact) mass is 233 g/mol. The fourth-order valence-corrected chi connectivity index (χ4v) is 1.52. The summed E-state index contributed by atoms with van der Waals surface area (Å²) in [5.41, 5.74) is 0.861. The van der Waals surface area contributed by atoms with Gasteiger partial charge in [-0.1, -0.05) is 0 Å². The number of aryl methyl sites for hydroxylation is 1. The summed E-state index contributed by atoms with van der Waals surface area (Å²) < 4.78 is 0. The molecule has 1 heterocycles. The van der Waals surface area contributed by atoms with Crippen LogP contribution < -0.4 is 4.90 Å². The number of nitriles is 1. The first-order valence-corrected chi connectivity index (χ1v) is 5.26. The lowest BCUT2D eigenvalue weighted by Crippen LogP contribution is -2.24. The number of pyridine rings is 1. The molecule has 0 saturated heterocycles. The number of carboxylic acid groups (broad SMARTS) is 1. The summed E-state index contributed by atoms with van der Waals surface area (Å²) in [7, 11) is 1.79. The Morgan fingerprint density at radius 1 is 1.65 bits per heavy atom. The Labute approximate surface area is 100 Å². The van der Waals surface area contributed by atoms with E-state index in [1.54, 1.807) is 18.9 Å². The van der Waals surface area contributed by atoms with E-state index in [0.717, 1.165) is 0 Å². The van der Waals surface area contributed by atoms with Gasteiger partial charge >= 0.3 is 5.97 Å². The van der Waals surface area contributed by atoms with Crippen LogP contribution in [0.5, 0.6) is 0 Å². The lowest BCUT2D eigenvalue weighted by atomic mass is 10.2. The van der Waals surface area contributed by atoms with Crippen molar-refractivity contribution in [2.75, 3.05) is 18.5 Å². The first kappa shape index (κ1) is 13.0. The maximum atomic E-state index is 10.9. The Bertz CT molecular complexity index is 465. The van der Waals surface area contributed by atoms with E-state index < -0.39 is 5.97 Å². The van der Waals surface area contributed by atoms with Gasteiger partial charge in [-0.3, -0.25) is 0 Å². The fraction of sp³-hybridized carbons (Fsp3) is 0.417. The van der Waals surface area contributed by atoms with Gasteiger partial charge in [0.25, 0.3) is 0 Å². The summed E-state index contributed by atoms with van der Waals surface area (Å²) in [6, 6.07) is 5.17. The van der Waals surface area contributed by atoms with Crippen LogP contribution in [-0.2, 0) is 0 Å². The van der Waals surface area contributed by atoms with E-state index in [9.17, 15) is 4.79 Å². The van der Waals surface area contributed by atoms with E-state index in [4.69, 9.17) is 10.4 Å². The third-order valence-electron chi connectivity index (χ3n) is 2.35. The van der Waals surface area contributed by atoms with Crippen LogP contribution in [0.1, 0.15) is 23.0 Å². The van der Waals surface area contributed by atoms with Gasteiger partial charge in [0, 0.05) is 19.3 Å². The van der Waals surface area contributed by atoms with Gasteiger partial charge in [0.1, 0.15) is 5.82 Å². The number of anilines is 1. The van der Waals surface area contributed by atoms with Crippen molar-refractivity contribution < 1.29 is 9.90 Å². The predicted octanol–water partition coefficient (Wildman–Crippen LogP) is 1.68. The molecule has 0 radical (unpaired) electrons. The normalized spacial score (nSPS) is 11.6. The standard InChI is InChI=1S/C12H15N3O2/c1-8(6-13)7-15(3)11-5-10(12(16)17)4-9(2)14-11/h4-5,8H,7H2,1-3H3,(H,16,17). The molecular formula is C12H15N3O2. The van der Waals surface area contributed by atoms with Crippen molar-refractivity contribution in [3.63, 3.8) is 0 Å². The molecule has 0 aromatic carbocycles. The number of carboxylic acids is 1. The van der Waals surface area contributed by atoms with E-state index in [2.05, 4.69) is 11.1 Å². The molecule has 0 bridgehead atoms. The Balaban J connectivity index is 2.98. The quantitative estimate of drug-likeness (QED) is 0.856. The predicted molar refractivity (Wildman–Crippen MR) is 64.0 cm³/mol. The van der Waals surface area contributed by atoms with Crippen LogP contribution in [0, 0.1) is 24.2 Å². The highest BCUT2D eigenvalue weighted by molar-refractivity contribution is 5.88. The zero-order chi connectivity index (χ0) is 13.0. The van der Waals surface area contributed by atoms with Gasteiger partial charge in [-0.15, -0.1) is 0 Å². The Hall–Kier alpha value is -2.09. The number of hydrogen-bond donors (Lipinski definition) is 1. The van der Waals surface area contributed by atoms with Crippen molar-refractivity contribution in [3.8, 4) is 6.07 Å². The van der Waals surface area contributed by atoms with E-state index in [1.165, 1.54) is 12.1 Å². The van der Waals surface area contributed by atoms with E-state index in [-0.39, 0.29) is 11.5 Å². The van der Waals surface area contributed by atoms with Crippen LogP contribution in [0.4, 0.5) is 5.82 Å². The summed E-state index contributed by atoms with van der Waals surface area (Å²) >= 11 is 0. The highest BCUT2D eigenvalue weighted by Crippen LogP contribution is 2.15. The second-order valence-corrected chi connectivity index (χ2v) is 4.07. The van der Waals surface area contributed by atoms with Gasteiger partial charge < -0.3 is 10.0 Å². The molecular weight excluding hydrogens is 218 g/mol. The van der Waals surface area contributed by atoms with Crippen molar-refractivity contribution in [1.82, 2.24) is 4.98 Å². The topological polar surface area (TPSA) is 77.2 Å². The molecule has 5 nitrogen and oxygen atoms in total. The number of hydrogen-bond acceptors (Lipinski definition) is 4. The Kier molecular flexibility index (Phi) is 4.05. The minimum absolute atomic E-state index is 0.129. The molecule has 0 aliphatic heterocycles. The SMILES string of the molecule is Cc1cc(C(=O)O)cc(N(C)CC(C)C#N)n1. The van der Waals surface area contributed by atoms with Gasteiger partial charge in [0.05, 0.1) is 17.6 Å². The Morgan fingerprint density at radius 3 is 2.82 bits per heavy atom. The molecule has 1 N–H and O–H groups in total. The first-order chi connectivity index (χ1) is 7.93. The Morgan fingerprint density at radius 2 is 2.29 bits per heavy atom. The minimum atomic E-state index is -0.974. The van der Waals surface area contributed by atoms with Crippen LogP contribution in [0.3, 0.4) is 0 Å². The van der Waals surface area contributed by atoms with Crippen molar-refractivity contribution in [2.24, 2.45) is 5.92 Å². The summed E-state index contributed by atoms with van der Waals surface area (Å²) in [5, 5.41) is 17.7. The third-order valence-corrected chi connectivity index (χ3v) is 2.35. The molecule has 0 aliphatic carbocycles. The number of rotatable bonds is 4. The third kappa shape index (κ3) is 3.45. The molecule has 17 heavy (non-hydrogen) atoms. The van der Waals surface area contributed by atoms with E-state index >= 15 is 0 Å². The first-order valence-electron chi connectivity index (χ1n) is 5.26. The van der Waals surface area contributed by atoms with Crippen molar-refractivity contribution in [1.29, 1.82) is 5.26 Å². The molecule has 1 aromatic heterocycles. The molecule has 5 heteroatoms. The highest BCUT2D eigenvalue weighted by Gasteiger charge is 2.11. The van der Waals surface area contributed by atoms with Gasteiger partial charge in [-0.05, 0) is 26.0 Å². The molecule has 1 aromatic rings. The van der Waals surface area contributed by atoms with Gasteiger partial charge in [-0.25, -0.2) is 9.78 Å². The van der Waals surface area contributed by atoms with Crippen LogP contribution >= 0.6 is 0 Å². The molecule has 0 aliphatic rings. The van der Waals surface area contributed by atoms with Crippen molar-refractivity contribution in [3.05, 3.63) is 23.4 Å². The zero-order valence-electron chi connectivity index (χ0n) is 10.1. The minimum Gasteiger partial charge on any atom is -0.478 e. The maximum absolute atomic E-state index is 10.9.